The average molecular weight is 281 g/mol. The van der Waals surface area contributed by atoms with Gasteiger partial charge >= 0.3 is 5.97 Å². The molecule has 0 aliphatic heterocycles. The van der Waals surface area contributed by atoms with Gasteiger partial charge in [0.25, 0.3) is 0 Å². The van der Waals surface area contributed by atoms with Crippen LogP contribution < -0.4 is 19.5 Å². The molecule has 2 atom stereocenters. The van der Waals surface area contributed by atoms with E-state index < -0.39 is 5.97 Å². The van der Waals surface area contributed by atoms with E-state index in [4.69, 9.17) is 19.3 Å². The summed E-state index contributed by atoms with van der Waals surface area (Å²) in [6.45, 7) is 0. The molecule has 6 heteroatoms. The number of rotatable bonds is 6. The highest BCUT2D eigenvalue weighted by molar-refractivity contribution is 5.73. The van der Waals surface area contributed by atoms with Crippen LogP contribution in [-0.2, 0) is 4.79 Å². The number of ether oxygens (including phenoxy) is 3. The molecule has 2 rings (SSSR count). The van der Waals surface area contributed by atoms with Crippen molar-refractivity contribution in [1.82, 2.24) is 0 Å². The Morgan fingerprint density at radius 2 is 1.75 bits per heavy atom. The molecule has 1 aromatic rings. The summed E-state index contributed by atoms with van der Waals surface area (Å²) in [7, 11) is 4.63. The minimum absolute atomic E-state index is 0.0599. The van der Waals surface area contributed by atoms with Crippen LogP contribution in [0.1, 0.15) is 12.8 Å². The van der Waals surface area contributed by atoms with Gasteiger partial charge in [0.05, 0.1) is 27.2 Å². The predicted octanol–water partition coefficient (Wildman–Crippen LogP) is 1.99. The maximum Gasteiger partial charge on any atom is 0.308 e. The largest absolute Gasteiger partial charge is 0.493 e. The van der Waals surface area contributed by atoms with Gasteiger partial charge in [-0.1, -0.05) is 0 Å². The van der Waals surface area contributed by atoms with E-state index in [1.807, 2.05) is 0 Å². The van der Waals surface area contributed by atoms with Gasteiger partial charge in [-0.2, -0.15) is 0 Å². The summed E-state index contributed by atoms with van der Waals surface area (Å²) in [4.78, 5) is 11.0. The number of anilines is 1. The van der Waals surface area contributed by atoms with Gasteiger partial charge in [-0.25, -0.2) is 0 Å². The number of carbonyl (C=O) groups is 1. The number of carboxylic acids is 1. The highest BCUT2D eigenvalue weighted by Gasteiger charge is 2.36. The second kappa shape index (κ2) is 5.90. The van der Waals surface area contributed by atoms with Crippen molar-refractivity contribution in [1.29, 1.82) is 0 Å². The molecule has 1 fully saturated rings. The highest BCUT2D eigenvalue weighted by atomic mass is 16.5. The van der Waals surface area contributed by atoms with Gasteiger partial charge in [0.1, 0.15) is 0 Å². The van der Waals surface area contributed by atoms with Crippen molar-refractivity contribution in [2.45, 2.75) is 18.9 Å². The second-order valence-corrected chi connectivity index (χ2v) is 4.69. The maximum atomic E-state index is 11.0. The van der Waals surface area contributed by atoms with Crippen molar-refractivity contribution in [3.05, 3.63) is 12.1 Å². The molecule has 2 N–H and O–H groups in total. The molecule has 1 saturated carbocycles. The van der Waals surface area contributed by atoms with Crippen LogP contribution in [0.4, 0.5) is 5.69 Å². The topological polar surface area (TPSA) is 77.0 Å². The first kappa shape index (κ1) is 14.3. The van der Waals surface area contributed by atoms with Crippen LogP contribution >= 0.6 is 0 Å². The van der Waals surface area contributed by atoms with Crippen LogP contribution in [0.2, 0.25) is 0 Å². The molecule has 0 aromatic heterocycles. The Morgan fingerprint density at radius 3 is 2.10 bits per heavy atom. The zero-order chi connectivity index (χ0) is 14.7. The molecule has 0 bridgehead atoms. The number of benzene rings is 1. The first-order valence-electron chi connectivity index (χ1n) is 6.40. The van der Waals surface area contributed by atoms with Gasteiger partial charge in [-0.3, -0.25) is 4.79 Å². The van der Waals surface area contributed by atoms with Gasteiger partial charge < -0.3 is 24.6 Å². The molecule has 110 valence electrons. The van der Waals surface area contributed by atoms with Crippen molar-refractivity contribution in [3.63, 3.8) is 0 Å². The van der Waals surface area contributed by atoms with E-state index >= 15 is 0 Å². The molecule has 6 nitrogen and oxygen atoms in total. The van der Waals surface area contributed by atoms with Gasteiger partial charge in [-0.05, 0) is 12.8 Å². The van der Waals surface area contributed by atoms with Gasteiger partial charge in [-0.15, -0.1) is 0 Å². The van der Waals surface area contributed by atoms with Crippen LogP contribution in [-0.4, -0.2) is 38.4 Å². The summed E-state index contributed by atoms with van der Waals surface area (Å²) >= 11 is 0. The van der Waals surface area contributed by atoms with Crippen molar-refractivity contribution in [3.8, 4) is 17.2 Å². The molecule has 0 amide bonds. The smallest absolute Gasteiger partial charge is 0.308 e. The SMILES string of the molecule is COc1cc(NC2CCC2C(=O)O)cc(OC)c1OC. The summed E-state index contributed by atoms with van der Waals surface area (Å²) in [5.41, 5.74) is 0.760. The number of aliphatic carboxylic acids is 1. The quantitative estimate of drug-likeness (QED) is 0.830. The van der Waals surface area contributed by atoms with Gasteiger partial charge in [0.15, 0.2) is 11.5 Å². The minimum Gasteiger partial charge on any atom is -0.493 e. The molecular weight excluding hydrogens is 262 g/mol. The number of carboxylic acid groups (broad SMARTS) is 1. The van der Waals surface area contributed by atoms with Crippen LogP contribution in [0.5, 0.6) is 17.2 Å². The Hall–Kier alpha value is -2.11. The van der Waals surface area contributed by atoms with Crippen molar-refractivity contribution in [2.75, 3.05) is 26.6 Å². The van der Waals surface area contributed by atoms with Gasteiger partial charge in [0.2, 0.25) is 5.75 Å². The van der Waals surface area contributed by atoms with E-state index in [-0.39, 0.29) is 12.0 Å². The Bertz CT molecular complexity index is 477. The Kier molecular flexibility index (Phi) is 4.22. The maximum absolute atomic E-state index is 11.0. The normalized spacial score (nSPS) is 20.8. The van der Waals surface area contributed by atoms with E-state index in [0.717, 1.165) is 12.1 Å². The average Bonchev–Trinajstić information content (AvgIpc) is 2.41. The first-order valence-corrected chi connectivity index (χ1v) is 6.40. The standard InChI is InChI=1S/C14H19NO5/c1-18-11-6-8(7-12(19-2)13(11)20-3)15-10-5-4-9(10)14(16)17/h6-7,9-10,15H,4-5H2,1-3H3,(H,16,17). The number of nitrogens with one attached hydrogen (secondary N) is 1. The van der Waals surface area contributed by atoms with Crippen LogP contribution in [0, 0.1) is 5.92 Å². The molecule has 2 unspecified atom stereocenters. The molecule has 0 radical (unpaired) electrons. The third kappa shape index (κ3) is 2.59. The highest BCUT2D eigenvalue weighted by Crippen LogP contribution is 2.41. The fourth-order valence-corrected chi connectivity index (χ4v) is 2.35. The Balaban J connectivity index is 2.22. The molecule has 0 saturated heterocycles. The monoisotopic (exact) mass is 281 g/mol. The lowest BCUT2D eigenvalue weighted by atomic mass is 9.79. The van der Waals surface area contributed by atoms with Crippen LogP contribution in [0.3, 0.4) is 0 Å². The van der Waals surface area contributed by atoms with Gasteiger partial charge in [0, 0.05) is 23.9 Å². The Morgan fingerprint density at radius 1 is 1.15 bits per heavy atom. The van der Waals surface area contributed by atoms with E-state index in [2.05, 4.69) is 5.32 Å². The zero-order valence-corrected chi connectivity index (χ0v) is 11.8. The molecule has 1 aliphatic rings. The summed E-state index contributed by atoms with van der Waals surface area (Å²) in [6, 6.07) is 3.49. The van der Waals surface area contributed by atoms with Crippen LogP contribution in [0.15, 0.2) is 12.1 Å². The minimum atomic E-state index is -0.763. The number of hydrogen-bond donors (Lipinski definition) is 2. The van der Waals surface area contributed by atoms with E-state index in [0.29, 0.717) is 23.7 Å². The molecule has 20 heavy (non-hydrogen) atoms. The fourth-order valence-electron chi connectivity index (χ4n) is 2.35. The third-order valence-electron chi connectivity index (χ3n) is 3.61. The predicted molar refractivity (Wildman–Crippen MR) is 73.9 cm³/mol. The summed E-state index contributed by atoms with van der Waals surface area (Å²) in [5, 5.41) is 12.3. The summed E-state index contributed by atoms with van der Waals surface area (Å²) in [6.07, 6.45) is 1.55. The van der Waals surface area contributed by atoms with Crippen molar-refractivity contribution < 1.29 is 24.1 Å². The lowest BCUT2D eigenvalue weighted by molar-refractivity contribution is -0.144. The van der Waals surface area contributed by atoms with Crippen LogP contribution in [0.25, 0.3) is 0 Å². The second-order valence-electron chi connectivity index (χ2n) is 4.69. The zero-order valence-electron chi connectivity index (χ0n) is 11.8. The van der Waals surface area contributed by atoms with E-state index in [1.54, 1.807) is 33.5 Å². The first-order chi connectivity index (χ1) is 9.60. The lowest BCUT2D eigenvalue weighted by Gasteiger charge is -2.34. The number of hydrogen-bond acceptors (Lipinski definition) is 5. The molecular formula is C14H19NO5. The lowest BCUT2D eigenvalue weighted by Crippen LogP contribution is -2.42. The van der Waals surface area contributed by atoms with E-state index in [9.17, 15) is 4.79 Å². The van der Waals surface area contributed by atoms with E-state index in [1.165, 1.54) is 0 Å². The Labute approximate surface area is 117 Å². The summed E-state index contributed by atoms with van der Waals surface area (Å²) in [5.74, 6) is 0.500. The third-order valence-corrected chi connectivity index (χ3v) is 3.61. The molecule has 1 aromatic carbocycles. The molecule has 0 heterocycles. The summed E-state index contributed by atoms with van der Waals surface area (Å²) < 4.78 is 15.8. The fraction of sp³-hybridized carbons (Fsp3) is 0.500. The van der Waals surface area contributed by atoms with Crippen molar-refractivity contribution >= 4 is 11.7 Å². The molecule has 1 aliphatic carbocycles. The van der Waals surface area contributed by atoms with Crippen molar-refractivity contribution in [2.24, 2.45) is 5.92 Å². The number of methoxy groups -OCH3 is 3. The molecule has 0 spiro atoms.